The lowest BCUT2D eigenvalue weighted by Gasteiger charge is -1.97. The molecule has 0 aliphatic carbocycles. The number of rotatable bonds is 1. The third-order valence-corrected chi connectivity index (χ3v) is 1.80. The van der Waals surface area contributed by atoms with Gasteiger partial charge in [-0.25, -0.2) is 4.39 Å². The second-order valence-corrected chi connectivity index (χ2v) is 3.34. The fourth-order valence-corrected chi connectivity index (χ4v) is 1.12. The van der Waals surface area contributed by atoms with Crippen molar-refractivity contribution in [2.75, 3.05) is 0 Å². The molecule has 0 atom stereocenters. The maximum absolute atomic E-state index is 12.8. The molecule has 0 aliphatic rings. The average Bonchev–Trinajstić information content (AvgIpc) is 1.94. The first kappa shape index (κ1) is 8.91. The second kappa shape index (κ2) is 3.48. The summed E-state index contributed by atoms with van der Waals surface area (Å²) in [6.45, 7) is 0. The molecule has 1 aromatic rings. The van der Waals surface area contributed by atoms with Gasteiger partial charge in [0.1, 0.15) is 10.1 Å². The first-order valence-electron chi connectivity index (χ1n) is 2.76. The van der Waals surface area contributed by atoms with E-state index in [2.05, 4.69) is 12.2 Å². The zero-order valence-electron chi connectivity index (χ0n) is 5.27. The smallest absolute Gasteiger partial charge is 0.132 e. The number of thiocarbonyl (C=S) groups is 1. The molecule has 0 N–H and O–H groups in total. The summed E-state index contributed by atoms with van der Waals surface area (Å²) < 4.78 is 12.8. The van der Waals surface area contributed by atoms with Crippen LogP contribution in [0.15, 0.2) is 18.2 Å². The van der Waals surface area contributed by atoms with Crippen LogP contribution >= 0.6 is 35.4 Å². The van der Waals surface area contributed by atoms with E-state index in [0.29, 0.717) is 5.02 Å². The normalized spacial score (nSPS) is 9.73. The van der Waals surface area contributed by atoms with Crippen molar-refractivity contribution in [3.05, 3.63) is 34.6 Å². The standard InChI is InChI=1S/C7H3Cl2FS/c8-4-1-2-6(10)5(3-4)7(9)11/h1-3H. The molecule has 0 fully saturated rings. The number of halogens is 3. The Bertz CT molecular complexity index is 298. The molecule has 0 bridgehead atoms. The van der Waals surface area contributed by atoms with E-state index in [1.54, 1.807) is 0 Å². The third kappa shape index (κ3) is 2.12. The molecule has 0 radical (unpaired) electrons. The van der Waals surface area contributed by atoms with Crippen LogP contribution in [-0.2, 0) is 0 Å². The van der Waals surface area contributed by atoms with E-state index < -0.39 is 5.82 Å². The SMILES string of the molecule is Fc1ccc(Cl)cc1C(=S)Cl. The van der Waals surface area contributed by atoms with E-state index in [1.165, 1.54) is 18.2 Å². The summed E-state index contributed by atoms with van der Waals surface area (Å²) in [5.74, 6) is -0.450. The molecule has 4 heteroatoms. The lowest BCUT2D eigenvalue weighted by molar-refractivity contribution is 0.626. The highest BCUT2D eigenvalue weighted by Gasteiger charge is 2.05. The summed E-state index contributed by atoms with van der Waals surface area (Å²) in [5.41, 5.74) is 0.175. The van der Waals surface area contributed by atoms with Crippen LogP contribution in [0.3, 0.4) is 0 Å². The van der Waals surface area contributed by atoms with Gasteiger partial charge < -0.3 is 0 Å². The van der Waals surface area contributed by atoms with Crippen molar-refractivity contribution in [2.24, 2.45) is 0 Å². The maximum Gasteiger partial charge on any atom is 0.132 e. The first-order valence-corrected chi connectivity index (χ1v) is 3.92. The number of benzene rings is 1. The van der Waals surface area contributed by atoms with Gasteiger partial charge in [-0.1, -0.05) is 35.4 Å². The van der Waals surface area contributed by atoms with Gasteiger partial charge in [0.2, 0.25) is 0 Å². The molecule has 11 heavy (non-hydrogen) atoms. The highest BCUT2D eigenvalue weighted by atomic mass is 35.5. The summed E-state index contributed by atoms with van der Waals surface area (Å²) in [4.78, 5) is 0. The zero-order valence-corrected chi connectivity index (χ0v) is 7.60. The Morgan fingerprint density at radius 3 is 2.55 bits per heavy atom. The summed E-state index contributed by atoms with van der Waals surface area (Å²) in [5, 5.41) is 0.421. The molecule has 1 aromatic carbocycles. The molecule has 0 nitrogen and oxygen atoms in total. The molecular weight excluding hydrogens is 206 g/mol. The zero-order chi connectivity index (χ0) is 8.43. The Hall–Kier alpha value is -0.180. The van der Waals surface area contributed by atoms with Crippen LogP contribution in [0, 0.1) is 5.82 Å². The van der Waals surface area contributed by atoms with Crippen LogP contribution in [0.5, 0.6) is 0 Å². The molecule has 58 valence electrons. The molecule has 0 saturated carbocycles. The molecule has 0 spiro atoms. The fraction of sp³-hybridized carbons (Fsp3) is 0. The summed E-state index contributed by atoms with van der Waals surface area (Å²) in [6, 6.07) is 4.06. The van der Waals surface area contributed by atoms with E-state index in [9.17, 15) is 4.39 Å². The highest BCUT2D eigenvalue weighted by Crippen LogP contribution is 2.16. The summed E-state index contributed by atoms with van der Waals surface area (Å²) >= 11 is 15.6. The predicted octanol–water partition coefficient (Wildman–Crippen LogP) is 3.39. The van der Waals surface area contributed by atoms with Gasteiger partial charge in [0.15, 0.2) is 0 Å². The van der Waals surface area contributed by atoms with Crippen LogP contribution in [0.25, 0.3) is 0 Å². The van der Waals surface area contributed by atoms with Crippen LogP contribution in [0.1, 0.15) is 5.56 Å². The average molecular weight is 209 g/mol. The monoisotopic (exact) mass is 208 g/mol. The molecule has 1 rings (SSSR count). The second-order valence-electron chi connectivity index (χ2n) is 1.90. The Labute approximate surface area is 78.9 Å². The topological polar surface area (TPSA) is 0 Å². The molecular formula is C7H3Cl2FS. The molecule has 0 amide bonds. The third-order valence-electron chi connectivity index (χ3n) is 1.14. The predicted molar refractivity (Wildman–Crippen MR) is 49.0 cm³/mol. The van der Waals surface area contributed by atoms with Gasteiger partial charge in [0.05, 0.1) is 0 Å². The lowest BCUT2D eigenvalue weighted by Crippen LogP contribution is -1.91. The summed E-state index contributed by atoms with van der Waals surface area (Å²) in [7, 11) is 0. The van der Waals surface area contributed by atoms with Gasteiger partial charge in [-0.15, -0.1) is 0 Å². The van der Waals surface area contributed by atoms with Crippen LogP contribution in [0.4, 0.5) is 4.39 Å². The lowest BCUT2D eigenvalue weighted by atomic mass is 10.2. The van der Waals surface area contributed by atoms with Gasteiger partial charge >= 0.3 is 0 Å². The van der Waals surface area contributed by atoms with Crippen molar-refractivity contribution in [3.8, 4) is 0 Å². The largest absolute Gasteiger partial charge is 0.206 e. The van der Waals surface area contributed by atoms with E-state index in [1.807, 2.05) is 0 Å². The molecule has 0 aromatic heterocycles. The minimum Gasteiger partial charge on any atom is -0.206 e. The molecule has 0 aliphatic heterocycles. The molecule has 0 unspecified atom stereocenters. The van der Waals surface area contributed by atoms with Gasteiger partial charge in [0, 0.05) is 10.6 Å². The Morgan fingerprint density at radius 1 is 1.45 bits per heavy atom. The van der Waals surface area contributed by atoms with Crippen molar-refractivity contribution < 1.29 is 4.39 Å². The van der Waals surface area contributed by atoms with Crippen molar-refractivity contribution in [2.45, 2.75) is 0 Å². The Morgan fingerprint density at radius 2 is 2.09 bits per heavy atom. The number of hydrogen-bond acceptors (Lipinski definition) is 1. The number of hydrogen-bond donors (Lipinski definition) is 0. The molecule has 0 heterocycles. The Balaban J connectivity index is 3.23. The van der Waals surface area contributed by atoms with E-state index in [4.69, 9.17) is 23.2 Å². The minimum atomic E-state index is -0.450. The Kier molecular flexibility index (Phi) is 2.82. The van der Waals surface area contributed by atoms with Crippen molar-refractivity contribution >= 4 is 39.7 Å². The van der Waals surface area contributed by atoms with Crippen molar-refractivity contribution in [1.29, 1.82) is 0 Å². The van der Waals surface area contributed by atoms with Crippen LogP contribution in [-0.4, -0.2) is 4.32 Å². The van der Waals surface area contributed by atoms with E-state index in [-0.39, 0.29) is 9.89 Å². The van der Waals surface area contributed by atoms with Gasteiger partial charge in [-0.05, 0) is 18.2 Å². The van der Waals surface area contributed by atoms with Crippen molar-refractivity contribution in [3.63, 3.8) is 0 Å². The summed E-state index contributed by atoms with van der Waals surface area (Å²) in [6.07, 6.45) is 0. The van der Waals surface area contributed by atoms with Crippen LogP contribution in [0.2, 0.25) is 5.02 Å². The quantitative estimate of drug-likeness (QED) is 0.504. The van der Waals surface area contributed by atoms with Gasteiger partial charge in [-0.2, -0.15) is 0 Å². The van der Waals surface area contributed by atoms with Crippen molar-refractivity contribution in [1.82, 2.24) is 0 Å². The first-order chi connectivity index (χ1) is 5.11. The van der Waals surface area contributed by atoms with Gasteiger partial charge in [-0.3, -0.25) is 0 Å². The fourth-order valence-electron chi connectivity index (χ4n) is 0.648. The van der Waals surface area contributed by atoms with E-state index in [0.717, 1.165) is 0 Å². The van der Waals surface area contributed by atoms with Crippen LogP contribution < -0.4 is 0 Å². The minimum absolute atomic E-state index is 0.00926. The maximum atomic E-state index is 12.8. The molecule has 0 saturated heterocycles. The highest BCUT2D eigenvalue weighted by molar-refractivity contribution is 7.83. The van der Waals surface area contributed by atoms with E-state index >= 15 is 0 Å². The van der Waals surface area contributed by atoms with Gasteiger partial charge in [0.25, 0.3) is 0 Å².